The molecule has 4 nitrogen and oxygen atoms in total. The van der Waals surface area contributed by atoms with E-state index in [1.54, 1.807) is 24.3 Å². The first-order valence-electron chi connectivity index (χ1n) is 5.64. The van der Waals surface area contributed by atoms with E-state index in [0.29, 0.717) is 17.6 Å². The van der Waals surface area contributed by atoms with Crippen molar-refractivity contribution in [2.24, 2.45) is 0 Å². The van der Waals surface area contributed by atoms with Crippen LogP contribution in [-0.2, 0) is 6.18 Å². The zero-order valence-corrected chi connectivity index (χ0v) is 10.5. The molecule has 0 amide bonds. The predicted molar refractivity (Wildman–Crippen MR) is 69.9 cm³/mol. The van der Waals surface area contributed by atoms with Crippen LogP contribution in [0.5, 0.6) is 5.75 Å². The van der Waals surface area contributed by atoms with Crippen LogP contribution >= 0.6 is 0 Å². The minimum atomic E-state index is -4.47. The van der Waals surface area contributed by atoms with Crippen LogP contribution in [0, 0.1) is 0 Å². The number of nitrogens with two attached hydrogens (primary N) is 1. The highest BCUT2D eigenvalue weighted by Crippen LogP contribution is 2.33. The first-order chi connectivity index (χ1) is 9.40. The summed E-state index contributed by atoms with van der Waals surface area (Å²) in [5, 5.41) is 2.79. The van der Waals surface area contributed by atoms with Crippen LogP contribution in [0.25, 0.3) is 0 Å². The van der Waals surface area contributed by atoms with E-state index >= 15 is 0 Å². The molecule has 1 heterocycles. The molecule has 0 aliphatic carbocycles. The van der Waals surface area contributed by atoms with Crippen molar-refractivity contribution in [2.75, 3.05) is 18.2 Å². The molecule has 0 aliphatic rings. The van der Waals surface area contributed by atoms with Crippen molar-refractivity contribution in [1.82, 2.24) is 4.98 Å². The number of pyridine rings is 1. The van der Waals surface area contributed by atoms with Gasteiger partial charge in [0.2, 0.25) is 0 Å². The molecule has 0 radical (unpaired) electrons. The van der Waals surface area contributed by atoms with E-state index in [0.717, 1.165) is 6.07 Å². The van der Waals surface area contributed by atoms with Crippen molar-refractivity contribution < 1.29 is 17.9 Å². The van der Waals surface area contributed by atoms with E-state index in [1.807, 2.05) is 0 Å². The number of anilines is 3. The van der Waals surface area contributed by atoms with Crippen molar-refractivity contribution in [1.29, 1.82) is 0 Å². The Balaban J connectivity index is 2.32. The van der Waals surface area contributed by atoms with Gasteiger partial charge in [-0.3, -0.25) is 0 Å². The van der Waals surface area contributed by atoms with E-state index in [-0.39, 0.29) is 11.5 Å². The Bertz CT molecular complexity index is 614. The van der Waals surface area contributed by atoms with E-state index in [1.165, 1.54) is 7.11 Å². The molecule has 20 heavy (non-hydrogen) atoms. The van der Waals surface area contributed by atoms with Gasteiger partial charge in [-0.25, -0.2) is 4.98 Å². The van der Waals surface area contributed by atoms with Gasteiger partial charge in [-0.15, -0.1) is 0 Å². The Morgan fingerprint density at radius 1 is 1.25 bits per heavy atom. The summed E-state index contributed by atoms with van der Waals surface area (Å²) in [7, 11) is 1.50. The summed E-state index contributed by atoms with van der Waals surface area (Å²) in [5.74, 6) is 0.564. The van der Waals surface area contributed by atoms with Gasteiger partial charge in [0.25, 0.3) is 0 Å². The molecule has 0 saturated heterocycles. The average molecular weight is 283 g/mol. The third-order valence-electron chi connectivity index (χ3n) is 2.59. The lowest BCUT2D eigenvalue weighted by atomic mass is 10.2. The number of nitrogens with one attached hydrogen (secondary N) is 1. The van der Waals surface area contributed by atoms with E-state index in [4.69, 9.17) is 10.5 Å². The lowest BCUT2D eigenvalue weighted by Gasteiger charge is -2.12. The fourth-order valence-electron chi connectivity index (χ4n) is 1.59. The molecule has 3 N–H and O–H groups in total. The molecule has 0 bridgehead atoms. The zero-order valence-electron chi connectivity index (χ0n) is 10.5. The van der Waals surface area contributed by atoms with Crippen LogP contribution in [0.1, 0.15) is 5.56 Å². The fraction of sp³-hybridized carbons (Fsp3) is 0.154. The predicted octanol–water partition coefficient (Wildman–Crippen LogP) is 3.43. The first kappa shape index (κ1) is 14.0. The molecule has 2 aromatic rings. The molecule has 0 fully saturated rings. The second-order valence-electron chi connectivity index (χ2n) is 4.01. The number of aromatic nitrogens is 1. The van der Waals surface area contributed by atoms with Crippen LogP contribution in [-0.4, -0.2) is 12.1 Å². The average Bonchev–Trinajstić information content (AvgIpc) is 2.40. The summed E-state index contributed by atoms with van der Waals surface area (Å²) >= 11 is 0. The van der Waals surface area contributed by atoms with Gasteiger partial charge in [0.05, 0.1) is 18.4 Å². The van der Waals surface area contributed by atoms with Gasteiger partial charge in [-0.1, -0.05) is 6.07 Å². The van der Waals surface area contributed by atoms with Gasteiger partial charge in [0, 0.05) is 18.0 Å². The van der Waals surface area contributed by atoms with Crippen LogP contribution in [0.15, 0.2) is 36.5 Å². The topological polar surface area (TPSA) is 60.2 Å². The van der Waals surface area contributed by atoms with Crippen LogP contribution in [0.3, 0.4) is 0 Å². The zero-order chi connectivity index (χ0) is 14.8. The van der Waals surface area contributed by atoms with Gasteiger partial charge < -0.3 is 15.8 Å². The van der Waals surface area contributed by atoms with Gasteiger partial charge in [0.1, 0.15) is 11.6 Å². The number of ether oxygens (including phenoxy) is 1. The SMILES string of the molecule is COc1cccc(Nc2cc(C(F)(F)F)cnc2N)c1. The smallest absolute Gasteiger partial charge is 0.417 e. The van der Waals surface area contributed by atoms with Gasteiger partial charge in [0.15, 0.2) is 0 Å². The number of nitrogens with zero attached hydrogens (tertiary/aromatic N) is 1. The number of benzene rings is 1. The summed E-state index contributed by atoms with van der Waals surface area (Å²) < 4.78 is 42.9. The number of halogens is 3. The monoisotopic (exact) mass is 283 g/mol. The third kappa shape index (κ3) is 3.11. The van der Waals surface area contributed by atoms with Crippen LogP contribution in [0.2, 0.25) is 0 Å². The molecule has 0 aliphatic heterocycles. The normalized spacial score (nSPS) is 11.2. The number of hydrogen-bond acceptors (Lipinski definition) is 4. The summed E-state index contributed by atoms with van der Waals surface area (Å²) in [6.45, 7) is 0. The maximum Gasteiger partial charge on any atom is 0.417 e. The first-order valence-corrected chi connectivity index (χ1v) is 5.64. The third-order valence-corrected chi connectivity index (χ3v) is 2.59. The highest BCUT2D eigenvalue weighted by atomic mass is 19.4. The Morgan fingerprint density at radius 3 is 2.65 bits per heavy atom. The Labute approximate surface area is 113 Å². The lowest BCUT2D eigenvalue weighted by molar-refractivity contribution is -0.137. The van der Waals surface area contributed by atoms with Crippen LogP contribution in [0.4, 0.5) is 30.4 Å². The van der Waals surface area contributed by atoms with Crippen molar-refractivity contribution in [3.63, 3.8) is 0 Å². The maximum atomic E-state index is 12.6. The molecular weight excluding hydrogens is 271 g/mol. The molecule has 0 spiro atoms. The number of nitrogen functional groups attached to an aromatic ring is 1. The molecule has 0 unspecified atom stereocenters. The fourth-order valence-corrected chi connectivity index (χ4v) is 1.59. The quantitative estimate of drug-likeness (QED) is 0.906. The number of rotatable bonds is 3. The molecule has 7 heteroatoms. The second kappa shape index (κ2) is 5.28. The molecule has 0 saturated carbocycles. The van der Waals surface area contributed by atoms with Gasteiger partial charge in [-0.2, -0.15) is 13.2 Å². The molecule has 106 valence electrons. The van der Waals surface area contributed by atoms with Crippen molar-refractivity contribution in [2.45, 2.75) is 6.18 Å². The standard InChI is InChI=1S/C13H12F3N3O/c1-20-10-4-2-3-9(6-10)19-11-5-8(13(14,15)16)7-18-12(11)17/h2-7,19H,1H3,(H2,17,18). The van der Waals surface area contributed by atoms with Gasteiger partial charge >= 0.3 is 6.18 Å². The van der Waals surface area contributed by atoms with E-state index in [9.17, 15) is 13.2 Å². The summed E-state index contributed by atoms with van der Waals surface area (Å²) in [4.78, 5) is 3.55. The van der Waals surface area contributed by atoms with Crippen molar-refractivity contribution in [3.05, 3.63) is 42.1 Å². The minimum Gasteiger partial charge on any atom is -0.497 e. The largest absolute Gasteiger partial charge is 0.497 e. The lowest BCUT2D eigenvalue weighted by Crippen LogP contribution is -2.08. The highest BCUT2D eigenvalue weighted by Gasteiger charge is 2.31. The van der Waals surface area contributed by atoms with E-state index < -0.39 is 11.7 Å². The number of alkyl halides is 3. The second-order valence-corrected chi connectivity index (χ2v) is 4.01. The number of methoxy groups -OCH3 is 1. The van der Waals surface area contributed by atoms with Crippen LogP contribution < -0.4 is 15.8 Å². The molecule has 2 rings (SSSR count). The molecular formula is C13H12F3N3O. The molecule has 1 aromatic heterocycles. The Morgan fingerprint density at radius 2 is 2.00 bits per heavy atom. The summed E-state index contributed by atoms with van der Waals surface area (Å²) in [5.41, 5.74) is 5.36. The molecule has 1 aromatic carbocycles. The Hall–Kier alpha value is -2.44. The molecule has 0 atom stereocenters. The summed E-state index contributed by atoms with van der Waals surface area (Å²) in [6.07, 6.45) is -3.77. The maximum absolute atomic E-state index is 12.6. The van der Waals surface area contributed by atoms with Crippen molar-refractivity contribution in [3.8, 4) is 5.75 Å². The van der Waals surface area contributed by atoms with Gasteiger partial charge in [-0.05, 0) is 18.2 Å². The number of hydrogen-bond donors (Lipinski definition) is 2. The Kier molecular flexibility index (Phi) is 3.69. The van der Waals surface area contributed by atoms with E-state index in [2.05, 4.69) is 10.3 Å². The minimum absolute atomic E-state index is 0.0131. The highest BCUT2D eigenvalue weighted by molar-refractivity contribution is 5.70. The van der Waals surface area contributed by atoms with Crippen molar-refractivity contribution >= 4 is 17.2 Å². The summed E-state index contributed by atoms with van der Waals surface area (Å²) in [6, 6.07) is 7.67.